The van der Waals surface area contributed by atoms with Gasteiger partial charge in [-0.1, -0.05) is 59.4 Å². The number of aryl methyl sites for hydroxylation is 1. The van der Waals surface area contributed by atoms with Crippen LogP contribution >= 0.6 is 47.3 Å². The number of halogens is 1. The Hall–Kier alpha value is -2.52. The summed E-state index contributed by atoms with van der Waals surface area (Å²) >= 11 is 14.0. The minimum Gasteiger partial charge on any atom is -0.450 e. The Morgan fingerprint density at radius 1 is 1.19 bits per heavy atom. The highest BCUT2D eigenvalue weighted by Gasteiger charge is 2.34. The first kappa shape index (κ1) is 21.7. The first-order valence-corrected chi connectivity index (χ1v) is 11.5. The molecular weight excluding hydrogens is 472 g/mol. The van der Waals surface area contributed by atoms with E-state index in [9.17, 15) is 9.59 Å². The molecule has 2 amide bonds. The van der Waals surface area contributed by atoms with Crippen LogP contribution in [0.2, 0.25) is 5.02 Å². The number of thiocarbonyl (C=S) groups is 1. The molecule has 1 aliphatic rings. The number of hydrogen-bond acceptors (Lipinski definition) is 6. The minimum atomic E-state index is -0.512. The van der Waals surface area contributed by atoms with Gasteiger partial charge in [0, 0.05) is 11.0 Å². The summed E-state index contributed by atoms with van der Waals surface area (Å²) in [7, 11) is 0. The van der Waals surface area contributed by atoms with E-state index in [2.05, 4.69) is 5.43 Å². The summed E-state index contributed by atoms with van der Waals surface area (Å²) in [5, 5.41) is 2.06. The molecule has 0 unspecified atom stereocenters. The Morgan fingerprint density at radius 2 is 1.97 bits per heavy atom. The predicted octanol–water partition coefficient (Wildman–Crippen LogP) is 5.94. The fourth-order valence-corrected chi connectivity index (χ4v) is 5.01. The lowest BCUT2D eigenvalue weighted by Gasteiger charge is -2.16. The molecule has 0 atom stereocenters. The van der Waals surface area contributed by atoms with Gasteiger partial charge in [0.15, 0.2) is 9.41 Å². The lowest BCUT2D eigenvalue weighted by molar-refractivity contribution is -0.123. The van der Waals surface area contributed by atoms with Crippen molar-refractivity contribution in [2.75, 3.05) is 0 Å². The summed E-state index contributed by atoms with van der Waals surface area (Å²) in [6.45, 7) is 1.87. The van der Waals surface area contributed by atoms with Crippen molar-refractivity contribution < 1.29 is 14.0 Å². The summed E-state index contributed by atoms with van der Waals surface area (Å²) in [5.74, 6) is -0.422. The second kappa shape index (κ2) is 9.32. The third-order valence-electron chi connectivity index (χ3n) is 4.21. The third-order valence-corrected chi connectivity index (χ3v) is 6.76. The fourth-order valence-electron chi connectivity index (χ4n) is 2.73. The van der Waals surface area contributed by atoms with Crippen molar-refractivity contribution in [3.63, 3.8) is 0 Å². The Labute approximate surface area is 197 Å². The zero-order chi connectivity index (χ0) is 22.0. The van der Waals surface area contributed by atoms with E-state index < -0.39 is 11.8 Å². The van der Waals surface area contributed by atoms with Gasteiger partial charge in [0.1, 0.15) is 5.76 Å². The van der Waals surface area contributed by atoms with Crippen molar-refractivity contribution in [1.29, 1.82) is 0 Å². The van der Waals surface area contributed by atoms with Gasteiger partial charge in [0.25, 0.3) is 11.8 Å². The summed E-state index contributed by atoms with van der Waals surface area (Å²) in [5.41, 5.74) is 3.72. The normalized spacial score (nSPS) is 15.0. The standard InChI is InChI=1S/C22H15ClN2O3S3/c1-13-7-9-16(17(23)11-13)20(26)24-25-21(27)18(31-22(25)29)12-14-8-10-19(28-14)30-15-5-3-2-4-6-15/h2-12H,1H3,(H,24,26)/b18-12-. The van der Waals surface area contributed by atoms with E-state index in [4.69, 9.17) is 28.2 Å². The largest absolute Gasteiger partial charge is 0.450 e. The molecule has 5 nitrogen and oxygen atoms in total. The van der Waals surface area contributed by atoms with Crippen LogP contribution in [0, 0.1) is 6.92 Å². The quantitative estimate of drug-likeness (QED) is 0.356. The first-order valence-electron chi connectivity index (χ1n) is 9.08. The number of furan rings is 1. The van der Waals surface area contributed by atoms with Crippen molar-refractivity contribution in [3.8, 4) is 0 Å². The molecule has 1 fully saturated rings. The molecule has 2 heterocycles. The fraction of sp³-hybridized carbons (Fsp3) is 0.0455. The minimum absolute atomic E-state index is 0.221. The van der Waals surface area contributed by atoms with Crippen LogP contribution in [-0.4, -0.2) is 21.1 Å². The molecule has 1 aliphatic heterocycles. The van der Waals surface area contributed by atoms with Crippen LogP contribution in [0.4, 0.5) is 0 Å². The van der Waals surface area contributed by atoms with Gasteiger partial charge in [-0.15, -0.1) is 0 Å². The molecule has 1 saturated heterocycles. The first-order chi connectivity index (χ1) is 14.9. The molecule has 0 radical (unpaired) electrons. The van der Waals surface area contributed by atoms with Gasteiger partial charge in [-0.25, -0.2) is 0 Å². The summed E-state index contributed by atoms with van der Waals surface area (Å²) in [6.07, 6.45) is 1.61. The molecule has 1 aromatic heterocycles. The smallest absolute Gasteiger partial charge is 0.285 e. The van der Waals surface area contributed by atoms with Crippen molar-refractivity contribution in [2.24, 2.45) is 0 Å². The molecule has 4 rings (SSSR count). The van der Waals surface area contributed by atoms with E-state index in [0.29, 0.717) is 20.8 Å². The lowest BCUT2D eigenvalue weighted by Crippen LogP contribution is -2.44. The molecular formula is C22H15ClN2O3S3. The highest BCUT2D eigenvalue weighted by Crippen LogP contribution is 2.34. The van der Waals surface area contributed by atoms with Crippen LogP contribution in [-0.2, 0) is 4.79 Å². The lowest BCUT2D eigenvalue weighted by atomic mass is 10.1. The molecule has 156 valence electrons. The number of hydrogen-bond donors (Lipinski definition) is 1. The maximum absolute atomic E-state index is 12.8. The molecule has 3 aromatic rings. The molecule has 2 aromatic carbocycles. The SMILES string of the molecule is Cc1ccc(C(=O)NN2C(=O)/C(=C/c3ccc(Sc4ccccc4)o3)SC2=S)c(Cl)c1. The van der Waals surface area contributed by atoms with Crippen LogP contribution in [0.25, 0.3) is 6.08 Å². The number of nitrogens with zero attached hydrogens (tertiary/aromatic N) is 1. The number of benzene rings is 2. The molecule has 9 heteroatoms. The van der Waals surface area contributed by atoms with Gasteiger partial charge < -0.3 is 4.42 Å². The zero-order valence-electron chi connectivity index (χ0n) is 16.1. The number of rotatable bonds is 5. The monoisotopic (exact) mass is 486 g/mol. The Morgan fingerprint density at radius 3 is 2.71 bits per heavy atom. The van der Waals surface area contributed by atoms with Crippen LogP contribution in [0.1, 0.15) is 21.7 Å². The highest BCUT2D eigenvalue weighted by molar-refractivity contribution is 8.26. The second-order valence-electron chi connectivity index (χ2n) is 6.51. The highest BCUT2D eigenvalue weighted by atomic mass is 35.5. The van der Waals surface area contributed by atoms with E-state index in [1.165, 1.54) is 11.8 Å². The molecule has 0 bridgehead atoms. The predicted molar refractivity (Wildman–Crippen MR) is 128 cm³/mol. The summed E-state index contributed by atoms with van der Waals surface area (Å²) < 4.78 is 6.02. The Kier molecular flexibility index (Phi) is 6.52. The van der Waals surface area contributed by atoms with Crippen LogP contribution in [0.15, 0.2) is 80.0 Å². The molecule has 31 heavy (non-hydrogen) atoms. The van der Waals surface area contributed by atoms with Gasteiger partial charge in [-0.05, 0) is 61.1 Å². The van der Waals surface area contributed by atoms with E-state index >= 15 is 0 Å². The van der Waals surface area contributed by atoms with Gasteiger partial charge in [-0.2, -0.15) is 5.01 Å². The van der Waals surface area contributed by atoms with E-state index in [0.717, 1.165) is 27.2 Å². The number of thioether (sulfide) groups is 1. The molecule has 0 spiro atoms. The molecule has 0 aliphatic carbocycles. The van der Waals surface area contributed by atoms with Crippen molar-refractivity contribution in [3.05, 3.63) is 87.5 Å². The van der Waals surface area contributed by atoms with Gasteiger partial charge >= 0.3 is 0 Å². The van der Waals surface area contributed by atoms with E-state index in [1.807, 2.05) is 43.3 Å². The maximum atomic E-state index is 12.8. The van der Waals surface area contributed by atoms with Crippen LogP contribution in [0.5, 0.6) is 0 Å². The van der Waals surface area contributed by atoms with Gasteiger partial charge in [0.2, 0.25) is 0 Å². The van der Waals surface area contributed by atoms with Crippen molar-refractivity contribution in [2.45, 2.75) is 16.9 Å². The average Bonchev–Trinajstić information content (AvgIpc) is 3.28. The molecule has 0 saturated carbocycles. The maximum Gasteiger partial charge on any atom is 0.285 e. The second-order valence-corrected chi connectivity index (χ2v) is 9.67. The number of amides is 2. The van der Waals surface area contributed by atoms with Crippen molar-refractivity contribution >= 4 is 69.6 Å². The van der Waals surface area contributed by atoms with Crippen LogP contribution < -0.4 is 5.43 Å². The number of hydrazine groups is 1. The summed E-state index contributed by atoms with van der Waals surface area (Å²) in [4.78, 5) is 26.7. The Bertz CT molecular complexity index is 1210. The van der Waals surface area contributed by atoms with E-state index in [1.54, 1.807) is 30.3 Å². The summed E-state index contributed by atoms with van der Waals surface area (Å²) in [6, 6.07) is 18.5. The topological polar surface area (TPSA) is 62.6 Å². The number of carbonyl (C=O) groups is 2. The number of carbonyl (C=O) groups excluding carboxylic acids is 2. The third kappa shape index (κ3) is 5.04. The number of nitrogens with one attached hydrogen (secondary N) is 1. The van der Waals surface area contributed by atoms with Crippen LogP contribution in [0.3, 0.4) is 0 Å². The average molecular weight is 487 g/mol. The van der Waals surface area contributed by atoms with Gasteiger partial charge in [0.05, 0.1) is 15.5 Å². The van der Waals surface area contributed by atoms with Gasteiger partial charge in [-0.3, -0.25) is 15.0 Å². The van der Waals surface area contributed by atoms with Crippen molar-refractivity contribution in [1.82, 2.24) is 10.4 Å². The Balaban J connectivity index is 1.46. The molecule has 1 N–H and O–H groups in total. The zero-order valence-corrected chi connectivity index (χ0v) is 19.3. The van der Waals surface area contributed by atoms with E-state index in [-0.39, 0.29) is 9.88 Å².